The van der Waals surface area contributed by atoms with Gasteiger partial charge in [0.05, 0.1) is 6.20 Å². The molecule has 0 spiro atoms. The number of nitrogens with one attached hydrogen (secondary N) is 1. The van der Waals surface area contributed by atoms with Crippen LogP contribution in [0.4, 0.5) is 14.6 Å². The van der Waals surface area contributed by atoms with Gasteiger partial charge in [0.25, 0.3) is 5.88 Å². The first-order valence-electron chi connectivity index (χ1n) is 5.60. The van der Waals surface area contributed by atoms with Crippen molar-refractivity contribution >= 4 is 11.5 Å². The Morgan fingerprint density at radius 2 is 2.15 bits per heavy atom. The highest BCUT2D eigenvalue weighted by molar-refractivity contribution is 5.54. The molecular weight excluding hydrogens is 268 g/mol. The van der Waals surface area contributed by atoms with Gasteiger partial charge in [0.2, 0.25) is 5.65 Å². The van der Waals surface area contributed by atoms with Crippen molar-refractivity contribution in [1.29, 1.82) is 0 Å². The molecular formula is C12H9F2N5O. The van der Waals surface area contributed by atoms with Gasteiger partial charge in [0, 0.05) is 18.5 Å². The number of halogens is 2. The number of nitrogens with zero attached hydrogens (tertiary/aromatic N) is 3. The third kappa shape index (κ3) is 2.12. The highest BCUT2D eigenvalue weighted by Crippen LogP contribution is 2.27. The Bertz CT molecular complexity index is 774. The lowest BCUT2D eigenvalue weighted by Crippen LogP contribution is -2.10. The largest absolute Gasteiger partial charge is 0.433 e. The first-order chi connectivity index (χ1) is 9.67. The molecule has 0 aliphatic carbocycles. The molecule has 0 radical (unpaired) electrons. The van der Waals surface area contributed by atoms with Gasteiger partial charge in [-0.1, -0.05) is 0 Å². The van der Waals surface area contributed by atoms with E-state index >= 15 is 0 Å². The summed E-state index contributed by atoms with van der Waals surface area (Å²) in [6, 6.07) is 2.90. The molecule has 20 heavy (non-hydrogen) atoms. The maximum absolute atomic E-state index is 13.6. The van der Waals surface area contributed by atoms with Crippen LogP contribution in [-0.2, 0) is 0 Å². The zero-order valence-corrected chi connectivity index (χ0v) is 10.0. The molecule has 0 aliphatic rings. The highest BCUT2D eigenvalue weighted by atomic mass is 19.1. The molecule has 3 aromatic rings. The Labute approximate surface area is 111 Å². The molecule has 0 amide bonds. The van der Waals surface area contributed by atoms with Gasteiger partial charge in [-0.25, -0.2) is 19.6 Å². The fourth-order valence-electron chi connectivity index (χ4n) is 1.70. The SMILES string of the molecule is NNc1cn2ccnc2c(Oc2cc(F)ccc2F)n1. The Kier molecular flexibility index (Phi) is 2.92. The summed E-state index contributed by atoms with van der Waals surface area (Å²) >= 11 is 0. The summed E-state index contributed by atoms with van der Waals surface area (Å²) in [5.74, 6) is 3.99. The Morgan fingerprint density at radius 3 is 2.95 bits per heavy atom. The number of hydrazine groups is 1. The summed E-state index contributed by atoms with van der Waals surface area (Å²) in [4.78, 5) is 8.06. The molecule has 8 heteroatoms. The third-order valence-electron chi connectivity index (χ3n) is 2.59. The molecule has 0 unspecified atom stereocenters. The Balaban J connectivity index is 2.09. The van der Waals surface area contributed by atoms with Crippen LogP contribution in [0.1, 0.15) is 0 Å². The van der Waals surface area contributed by atoms with E-state index in [9.17, 15) is 8.78 Å². The standard InChI is InChI=1S/C12H9F2N5O/c13-7-1-2-8(14)9(5-7)20-12-11-16-3-4-19(11)6-10(17-12)18-15/h1-6,18H,15H2. The molecule has 1 aromatic carbocycles. The molecule has 2 aromatic heterocycles. The van der Waals surface area contributed by atoms with E-state index in [-0.39, 0.29) is 11.6 Å². The monoisotopic (exact) mass is 277 g/mol. The molecule has 3 rings (SSSR count). The van der Waals surface area contributed by atoms with E-state index in [0.29, 0.717) is 11.5 Å². The van der Waals surface area contributed by atoms with E-state index in [2.05, 4.69) is 15.4 Å². The number of hydrogen-bond acceptors (Lipinski definition) is 5. The summed E-state index contributed by atoms with van der Waals surface area (Å²) in [7, 11) is 0. The van der Waals surface area contributed by atoms with Gasteiger partial charge >= 0.3 is 0 Å². The number of fused-ring (bicyclic) bond motifs is 1. The fourth-order valence-corrected chi connectivity index (χ4v) is 1.70. The van der Waals surface area contributed by atoms with Gasteiger partial charge in [0.1, 0.15) is 5.82 Å². The van der Waals surface area contributed by atoms with Crippen LogP contribution in [0.25, 0.3) is 5.65 Å². The van der Waals surface area contributed by atoms with E-state index in [4.69, 9.17) is 10.6 Å². The first-order valence-corrected chi connectivity index (χ1v) is 5.60. The van der Waals surface area contributed by atoms with Crippen molar-refractivity contribution in [3.63, 3.8) is 0 Å². The van der Waals surface area contributed by atoms with Crippen LogP contribution >= 0.6 is 0 Å². The minimum absolute atomic E-state index is 0.00921. The molecule has 0 fully saturated rings. The van der Waals surface area contributed by atoms with Crippen molar-refractivity contribution in [2.24, 2.45) is 5.84 Å². The van der Waals surface area contributed by atoms with Crippen molar-refractivity contribution in [2.75, 3.05) is 5.43 Å². The predicted octanol–water partition coefficient (Wildman–Crippen LogP) is 2.09. The second kappa shape index (κ2) is 4.74. The molecule has 0 aliphatic heterocycles. The number of benzene rings is 1. The average molecular weight is 277 g/mol. The number of nitrogen functional groups attached to an aromatic ring is 1. The van der Waals surface area contributed by atoms with Crippen LogP contribution in [0.15, 0.2) is 36.8 Å². The van der Waals surface area contributed by atoms with Gasteiger partial charge in [-0.2, -0.15) is 4.98 Å². The van der Waals surface area contributed by atoms with E-state index < -0.39 is 11.6 Å². The van der Waals surface area contributed by atoms with Crippen molar-refractivity contribution in [3.05, 3.63) is 48.4 Å². The Morgan fingerprint density at radius 1 is 1.30 bits per heavy atom. The smallest absolute Gasteiger partial charge is 0.266 e. The molecule has 102 valence electrons. The highest BCUT2D eigenvalue weighted by Gasteiger charge is 2.13. The predicted molar refractivity (Wildman–Crippen MR) is 67.2 cm³/mol. The first kappa shape index (κ1) is 12.3. The topological polar surface area (TPSA) is 77.5 Å². The lowest BCUT2D eigenvalue weighted by molar-refractivity contribution is 0.424. The number of imidazole rings is 1. The lowest BCUT2D eigenvalue weighted by atomic mass is 10.3. The number of nitrogens with two attached hydrogens (primary N) is 1. The molecule has 0 saturated heterocycles. The van der Waals surface area contributed by atoms with Crippen molar-refractivity contribution in [2.45, 2.75) is 0 Å². The number of ether oxygens (including phenoxy) is 1. The lowest BCUT2D eigenvalue weighted by Gasteiger charge is -2.09. The quantitative estimate of drug-likeness (QED) is 0.566. The summed E-state index contributed by atoms with van der Waals surface area (Å²) in [6.45, 7) is 0. The number of anilines is 1. The molecule has 6 nitrogen and oxygen atoms in total. The minimum atomic E-state index is -0.705. The van der Waals surface area contributed by atoms with Gasteiger partial charge in [-0.05, 0) is 12.1 Å². The van der Waals surface area contributed by atoms with Crippen LogP contribution in [0.5, 0.6) is 11.6 Å². The molecule has 3 N–H and O–H groups in total. The van der Waals surface area contributed by atoms with E-state index in [0.717, 1.165) is 18.2 Å². The van der Waals surface area contributed by atoms with Crippen molar-refractivity contribution in [1.82, 2.24) is 14.4 Å². The Hall–Kier alpha value is -2.74. The normalized spacial score (nSPS) is 10.8. The zero-order valence-electron chi connectivity index (χ0n) is 10.0. The molecule has 0 bridgehead atoms. The van der Waals surface area contributed by atoms with Crippen LogP contribution in [0, 0.1) is 11.6 Å². The maximum Gasteiger partial charge on any atom is 0.266 e. The van der Waals surface area contributed by atoms with Crippen LogP contribution in [0.2, 0.25) is 0 Å². The van der Waals surface area contributed by atoms with Crippen LogP contribution in [-0.4, -0.2) is 14.4 Å². The second-order valence-electron chi connectivity index (χ2n) is 3.91. The zero-order chi connectivity index (χ0) is 14.1. The van der Waals surface area contributed by atoms with Crippen LogP contribution < -0.4 is 16.0 Å². The molecule has 2 heterocycles. The molecule has 0 atom stereocenters. The van der Waals surface area contributed by atoms with E-state index in [1.807, 2.05) is 0 Å². The van der Waals surface area contributed by atoms with Gasteiger partial charge in [0.15, 0.2) is 17.4 Å². The minimum Gasteiger partial charge on any atom is -0.433 e. The third-order valence-corrected chi connectivity index (χ3v) is 2.59. The average Bonchev–Trinajstić information content (AvgIpc) is 2.91. The van der Waals surface area contributed by atoms with Gasteiger partial charge in [-0.15, -0.1) is 0 Å². The number of hydrogen-bond donors (Lipinski definition) is 2. The van der Waals surface area contributed by atoms with Crippen LogP contribution in [0.3, 0.4) is 0 Å². The van der Waals surface area contributed by atoms with Gasteiger partial charge in [-0.3, -0.25) is 4.40 Å². The number of aromatic nitrogens is 3. The second-order valence-corrected chi connectivity index (χ2v) is 3.91. The fraction of sp³-hybridized carbons (Fsp3) is 0. The summed E-state index contributed by atoms with van der Waals surface area (Å²) in [5.41, 5.74) is 2.71. The number of rotatable bonds is 3. The molecule has 0 saturated carbocycles. The maximum atomic E-state index is 13.6. The summed E-state index contributed by atoms with van der Waals surface area (Å²) < 4.78 is 33.6. The summed E-state index contributed by atoms with van der Waals surface area (Å²) in [5, 5.41) is 0. The van der Waals surface area contributed by atoms with E-state index in [1.54, 1.807) is 16.8 Å². The van der Waals surface area contributed by atoms with Crippen molar-refractivity contribution in [3.8, 4) is 11.6 Å². The van der Waals surface area contributed by atoms with E-state index in [1.165, 1.54) is 6.20 Å². The summed E-state index contributed by atoms with van der Waals surface area (Å²) in [6.07, 6.45) is 4.75. The van der Waals surface area contributed by atoms with Crippen molar-refractivity contribution < 1.29 is 13.5 Å². The van der Waals surface area contributed by atoms with Gasteiger partial charge < -0.3 is 10.2 Å².